The molecule has 2 heteroatoms. The first kappa shape index (κ1) is 16.4. The van der Waals surface area contributed by atoms with Crippen molar-refractivity contribution in [3.05, 3.63) is 47.5 Å². The minimum Gasteiger partial charge on any atom is -0.371 e. The van der Waals surface area contributed by atoms with Crippen LogP contribution in [0.1, 0.15) is 44.6 Å². The van der Waals surface area contributed by atoms with Crippen molar-refractivity contribution >= 4 is 0 Å². The second kappa shape index (κ2) is 7.01. The topological polar surface area (TPSA) is 9.23 Å². The Kier molecular flexibility index (Phi) is 4.78. The molecule has 0 aromatic heterocycles. The highest BCUT2D eigenvalue weighted by atomic mass is 16.5. The van der Waals surface area contributed by atoms with Gasteiger partial charge in [0.2, 0.25) is 0 Å². The van der Waals surface area contributed by atoms with Crippen molar-refractivity contribution in [1.82, 2.24) is 0 Å². The van der Waals surface area contributed by atoms with E-state index in [-0.39, 0.29) is 0 Å². The lowest BCUT2D eigenvalue weighted by Gasteiger charge is -2.47. The maximum Gasteiger partial charge on any atom is 0.113 e. The second-order valence-corrected chi connectivity index (χ2v) is 8.44. The van der Waals surface area contributed by atoms with E-state index in [1.165, 1.54) is 68.3 Å². The number of piperidine rings is 1. The number of ether oxygens (including phenoxy) is 1. The Morgan fingerprint density at radius 1 is 1.08 bits per heavy atom. The molecule has 2 nitrogen and oxygen atoms in total. The van der Waals surface area contributed by atoms with Gasteiger partial charge in [-0.25, -0.2) is 0 Å². The van der Waals surface area contributed by atoms with E-state index in [2.05, 4.69) is 43.3 Å². The summed E-state index contributed by atoms with van der Waals surface area (Å²) in [5, 5.41) is 0. The molecule has 2 saturated heterocycles. The highest BCUT2D eigenvalue weighted by Gasteiger charge is 2.41. The number of benzene rings is 1. The van der Waals surface area contributed by atoms with E-state index in [9.17, 15) is 0 Å². The summed E-state index contributed by atoms with van der Waals surface area (Å²) in [6, 6.07) is 11.1. The molecule has 0 unspecified atom stereocenters. The molecule has 0 spiro atoms. The smallest absolute Gasteiger partial charge is 0.113 e. The van der Waals surface area contributed by atoms with Crippen LogP contribution in [0, 0.1) is 11.8 Å². The highest BCUT2D eigenvalue weighted by molar-refractivity contribution is 5.14. The Morgan fingerprint density at radius 2 is 1.88 bits per heavy atom. The average Bonchev–Trinajstić information content (AvgIpc) is 2.62. The predicted octanol–water partition coefficient (Wildman–Crippen LogP) is 4.56. The fraction of sp³-hybridized carbons (Fsp3) is 0.636. The van der Waals surface area contributed by atoms with E-state index in [1.54, 1.807) is 5.57 Å². The molecular formula is C22H32NO+. The van der Waals surface area contributed by atoms with Gasteiger partial charge in [0.15, 0.2) is 0 Å². The Hall–Kier alpha value is -1.12. The standard InChI is InChI=1S/C22H32NO/c1-18-10-11-20-14-21(18)22(24-17-20)16-23(12-6-3-7-13-23)15-19-8-4-2-5-9-19/h2,4-5,8-10,20-22H,3,6-7,11-17H2,1H3/q+1/t20-,21+,22-/m1/s1. The summed E-state index contributed by atoms with van der Waals surface area (Å²) in [5.41, 5.74) is 3.08. The summed E-state index contributed by atoms with van der Waals surface area (Å²) in [6.07, 6.45) is 9.68. The van der Waals surface area contributed by atoms with Crippen molar-refractivity contribution < 1.29 is 9.22 Å². The minimum atomic E-state index is 0.430. The molecule has 2 bridgehead atoms. The second-order valence-electron chi connectivity index (χ2n) is 8.44. The van der Waals surface area contributed by atoms with Gasteiger partial charge in [-0.1, -0.05) is 42.0 Å². The third kappa shape index (κ3) is 3.45. The van der Waals surface area contributed by atoms with E-state index < -0.39 is 0 Å². The summed E-state index contributed by atoms with van der Waals surface area (Å²) in [6.45, 7) is 8.36. The van der Waals surface area contributed by atoms with Crippen molar-refractivity contribution in [2.75, 3.05) is 26.2 Å². The summed E-state index contributed by atoms with van der Waals surface area (Å²) < 4.78 is 7.66. The first-order valence-electron chi connectivity index (χ1n) is 9.91. The summed E-state index contributed by atoms with van der Waals surface area (Å²) in [4.78, 5) is 0. The molecule has 2 fully saturated rings. The van der Waals surface area contributed by atoms with Crippen molar-refractivity contribution in [3.8, 4) is 0 Å². The van der Waals surface area contributed by atoms with Gasteiger partial charge in [-0.2, -0.15) is 0 Å². The summed E-state index contributed by atoms with van der Waals surface area (Å²) in [5.74, 6) is 1.45. The maximum atomic E-state index is 6.42. The van der Waals surface area contributed by atoms with Crippen molar-refractivity contribution in [2.45, 2.75) is 51.7 Å². The first-order chi connectivity index (χ1) is 11.7. The average molecular weight is 327 g/mol. The van der Waals surface area contributed by atoms with Crippen molar-refractivity contribution in [3.63, 3.8) is 0 Å². The van der Waals surface area contributed by atoms with Crippen LogP contribution in [0.25, 0.3) is 0 Å². The molecule has 0 radical (unpaired) electrons. The Labute approximate surface area is 147 Å². The maximum absolute atomic E-state index is 6.42. The molecule has 1 aromatic carbocycles. The molecule has 0 N–H and O–H groups in total. The summed E-state index contributed by atoms with van der Waals surface area (Å²) in [7, 11) is 0. The molecule has 1 aromatic rings. The Morgan fingerprint density at radius 3 is 2.67 bits per heavy atom. The van der Waals surface area contributed by atoms with Crippen LogP contribution in [0.3, 0.4) is 0 Å². The molecule has 0 amide bonds. The van der Waals surface area contributed by atoms with Crippen LogP contribution in [0.2, 0.25) is 0 Å². The van der Waals surface area contributed by atoms with E-state index in [0.717, 1.165) is 12.5 Å². The quantitative estimate of drug-likeness (QED) is 0.582. The Balaban J connectivity index is 1.53. The van der Waals surface area contributed by atoms with Crippen LogP contribution in [0.5, 0.6) is 0 Å². The van der Waals surface area contributed by atoms with Crippen LogP contribution in [0.15, 0.2) is 42.0 Å². The zero-order valence-corrected chi connectivity index (χ0v) is 15.1. The molecule has 3 atom stereocenters. The summed E-state index contributed by atoms with van der Waals surface area (Å²) >= 11 is 0. The number of hydrogen-bond donors (Lipinski definition) is 0. The number of allylic oxidation sites excluding steroid dienone is 1. The van der Waals surface area contributed by atoms with E-state index >= 15 is 0 Å². The molecule has 0 saturated carbocycles. The zero-order chi connectivity index (χ0) is 16.4. The van der Waals surface area contributed by atoms with Crippen molar-refractivity contribution in [2.24, 2.45) is 11.8 Å². The molecule has 1 aliphatic carbocycles. The molecule has 24 heavy (non-hydrogen) atoms. The zero-order valence-electron chi connectivity index (χ0n) is 15.1. The number of nitrogens with zero attached hydrogens (tertiary/aromatic N) is 1. The number of rotatable bonds is 4. The molecule has 2 aliphatic heterocycles. The number of likely N-dealkylation sites (tertiary alicyclic amines) is 1. The third-order valence-electron chi connectivity index (χ3n) is 6.63. The van der Waals surface area contributed by atoms with Crippen molar-refractivity contribution in [1.29, 1.82) is 0 Å². The number of quaternary nitrogens is 1. The number of fused-ring (bicyclic) bond motifs is 2. The van der Waals surface area contributed by atoms with E-state index in [1.807, 2.05) is 0 Å². The first-order valence-corrected chi connectivity index (χ1v) is 9.91. The monoisotopic (exact) mass is 326 g/mol. The lowest BCUT2D eigenvalue weighted by Crippen LogP contribution is -2.57. The van der Waals surface area contributed by atoms with Gasteiger partial charge in [0.05, 0.1) is 19.7 Å². The lowest BCUT2D eigenvalue weighted by molar-refractivity contribution is -0.948. The normalized spacial score (nSPS) is 32.2. The molecule has 3 aliphatic rings. The van der Waals surface area contributed by atoms with Crippen LogP contribution in [-0.2, 0) is 11.3 Å². The fourth-order valence-corrected chi connectivity index (χ4v) is 5.22. The third-order valence-corrected chi connectivity index (χ3v) is 6.63. The van der Waals surface area contributed by atoms with Gasteiger partial charge in [-0.3, -0.25) is 0 Å². The molecule has 2 heterocycles. The lowest BCUT2D eigenvalue weighted by atomic mass is 9.76. The van der Waals surface area contributed by atoms with Gasteiger partial charge >= 0.3 is 0 Å². The van der Waals surface area contributed by atoms with E-state index in [0.29, 0.717) is 12.0 Å². The van der Waals surface area contributed by atoms with Gasteiger partial charge in [-0.05, 0) is 44.9 Å². The fourth-order valence-electron chi connectivity index (χ4n) is 5.22. The predicted molar refractivity (Wildman–Crippen MR) is 98.6 cm³/mol. The van der Waals surface area contributed by atoms with Crippen LogP contribution in [-0.4, -0.2) is 36.8 Å². The minimum absolute atomic E-state index is 0.430. The number of hydrogen-bond acceptors (Lipinski definition) is 1. The molecule has 130 valence electrons. The highest BCUT2D eigenvalue weighted by Crippen LogP contribution is 2.38. The van der Waals surface area contributed by atoms with Gasteiger partial charge in [0.1, 0.15) is 19.2 Å². The van der Waals surface area contributed by atoms with Gasteiger partial charge in [-0.15, -0.1) is 0 Å². The van der Waals surface area contributed by atoms with Crippen LogP contribution < -0.4 is 0 Å². The Bertz CT molecular complexity index is 573. The van der Waals surface area contributed by atoms with Crippen LogP contribution in [0.4, 0.5) is 0 Å². The van der Waals surface area contributed by atoms with Gasteiger partial charge in [0.25, 0.3) is 0 Å². The molecule has 4 rings (SSSR count). The SMILES string of the molecule is CC1=CC[C@H]2CO[C@H](C[N+]3(Cc4ccccc4)CCCCC3)[C@H]1C2. The van der Waals surface area contributed by atoms with Crippen LogP contribution >= 0.6 is 0 Å². The van der Waals surface area contributed by atoms with Gasteiger partial charge < -0.3 is 9.22 Å². The molecular weight excluding hydrogens is 294 g/mol. The van der Waals surface area contributed by atoms with E-state index in [4.69, 9.17) is 4.74 Å². The largest absolute Gasteiger partial charge is 0.371 e. The van der Waals surface area contributed by atoms with Gasteiger partial charge in [0, 0.05) is 11.5 Å².